The highest BCUT2D eigenvalue weighted by atomic mass is 79.9. The van der Waals surface area contributed by atoms with Crippen LogP contribution in [0, 0.1) is 6.92 Å². The number of carboxylic acids is 1. The highest BCUT2D eigenvalue weighted by Gasteiger charge is 2.04. The van der Waals surface area contributed by atoms with Gasteiger partial charge < -0.3 is 15.7 Å². The van der Waals surface area contributed by atoms with Crippen LogP contribution in [0.1, 0.15) is 5.56 Å². The van der Waals surface area contributed by atoms with Crippen LogP contribution in [-0.4, -0.2) is 23.7 Å². The van der Waals surface area contributed by atoms with Gasteiger partial charge in [0.2, 0.25) is 0 Å². The number of carbonyl (C=O) groups is 2. The van der Waals surface area contributed by atoms with Gasteiger partial charge >= 0.3 is 12.0 Å². The fourth-order valence-electron chi connectivity index (χ4n) is 1.00. The molecule has 0 saturated carbocycles. The molecule has 0 aliphatic rings. The van der Waals surface area contributed by atoms with Crippen LogP contribution in [0.15, 0.2) is 22.7 Å². The number of aliphatic carboxylic acids is 1. The molecule has 0 atom stereocenters. The SMILES string of the molecule is Cc1ccc(NC(=O)NCC(=O)O)cc1Br. The third-order valence-corrected chi connectivity index (χ3v) is 2.68. The van der Waals surface area contributed by atoms with Crippen LogP contribution in [0.5, 0.6) is 0 Å². The van der Waals surface area contributed by atoms with E-state index < -0.39 is 18.5 Å². The number of hydrogen-bond donors (Lipinski definition) is 3. The van der Waals surface area contributed by atoms with Crippen molar-refractivity contribution in [1.29, 1.82) is 0 Å². The van der Waals surface area contributed by atoms with Crippen molar-refractivity contribution < 1.29 is 14.7 Å². The van der Waals surface area contributed by atoms with Gasteiger partial charge in [-0.25, -0.2) is 4.79 Å². The fourth-order valence-corrected chi connectivity index (χ4v) is 1.38. The van der Waals surface area contributed by atoms with Gasteiger partial charge in [0.15, 0.2) is 0 Å². The second-order valence-electron chi connectivity index (χ2n) is 3.17. The molecule has 1 aromatic carbocycles. The Bertz CT molecular complexity index is 421. The largest absolute Gasteiger partial charge is 0.480 e. The van der Waals surface area contributed by atoms with Gasteiger partial charge in [0.1, 0.15) is 6.54 Å². The molecule has 0 heterocycles. The monoisotopic (exact) mass is 286 g/mol. The summed E-state index contributed by atoms with van der Waals surface area (Å²) in [6.45, 7) is 1.53. The molecular weight excluding hydrogens is 276 g/mol. The van der Waals surface area contributed by atoms with E-state index in [4.69, 9.17) is 5.11 Å². The Kier molecular flexibility index (Phi) is 4.30. The summed E-state index contributed by atoms with van der Waals surface area (Å²) in [5.74, 6) is -1.08. The Morgan fingerprint density at radius 2 is 2.12 bits per heavy atom. The van der Waals surface area contributed by atoms with Crippen molar-refractivity contribution in [3.05, 3.63) is 28.2 Å². The minimum Gasteiger partial charge on any atom is -0.480 e. The summed E-state index contributed by atoms with van der Waals surface area (Å²) >= 11 is 3.33. The summed E-state index contributed by atoms with van der Waals surface area (Å²) in [4.78, 5) is 21.4. The molecular formula is C10H11BrN2O3. The molecule has 0 saturated heterocycles. The molecule has 5 nitrogen and oxygen atoms in total. The summed E-state index contributed by atoms with van der Waals surface area (Å²) in [5, 5.41) is 13.1. The first kappa shape index (κ1) is 12.5. The van der Waals surface area contributed by atoms with E-state index in [1.165, 1.54) is 0 Å². The summed E-state index contributed by atoms with van der Waals surface area (Å²) < 4.78 is 0.878. The van der Waals surface area contributed by atoms with E-state index in [1.807, 2.05) is 13.0 Å². The number of nitrogens with one attached hydrogen (secondary N) is 2. The summed E-state index contributed by atoms with van der Waals surface area (Å²) in [5.41, 5.74) is 1.65. The van der Waals surface area contributed by atoms with Crippen LogP contribution >= 0.6 is 15.9 Å². The van der Waals surface area contributed by atoms with Gasteiger partial charge in [-0.2, -0.15) is 0 Å². The zero-order chi connectivity index (χ0) is 12.1. The number of aryl methyl sites for hydroxylation is 1. The minimum absolute atomic E-state index is 0.404. The molecule has 16 heavy (non-hydrogen) atoms. The van der Waals surface area contributed by atoms with Crippen molar-refractivity contribution >= 4 is 33.6 Å². The molecule has 1 rings (SSSR count). The molecule has 0 unspecified atom stereocenters. The van der Waals surface area contributed by atoms with E-state index in [-0.39, 0.29) is 0 Å². The van der Waals surface area contributed by atoms with Gasteiger partial charge in [-0.3, -0.25) is 4.79 Å². The van der Waals surface area contributed by atoms with Crippen LogP contribution < -0.4 is 10.6 Å². The van der Waals surface area contributed by atoms with E-state index in [9.17, 15) is 9.59 Å². The second-order valence-corrected chi connectivity index (χ2v) is 4.02. The quantitative estimate of drug-likeness (QED) is 0.795. The number of anilines is 1. The first-order valence-electron chi connectivity index (χ1n) is 4.52. The third kappa shape index (κ3) is 3.90. The lowest BCUT2D eigenvalue weighted by Crippen LogP contribution is -2.33. The normalized spacial score (nSPS) is 9.62. The summed E-state index contributed by atoms with van der Waals surface area (Å²) in [6.07, 6.45) is 0. The number of halogens is 1. The number of hydrogen-bond acceptors (Lipinski definition) is 2. The highest BCUT2D eigenvalue weighted by Crippen LogP contribution is 2.20. The number of carbonyl (C=O) groups excluding carboxylic acids is 1. The molecule has 0 fully saturated rings. The van der Waals surface area contributed by atoms with Crippen molar-refractivity contribution in [2.45, 2.75) is 6.92 Å². The van der Waals surface area contributed by atoms with E-state index in [0.717, 1.165) is 10.0 Å². The maximum Gasteiger partial charge on any atom is 0.323 e. The molecule has 3 N–H and O–H groups in total. The number of rotatable bonds is 3. The van der Waals surface area contributed by atoms with Crippen molar-refractivity contribution in [1.82, 2.24) is 5.32 Å². The number of amides is 2. The Labute approximate surface area is 101 Å². The fraction of sp³-hybridized carbons (Fsp3) is 0.200. The molecule has 0 spiro atoms. The highest BCUT2D eigenvalue weighted by molar-refractivity contribution is 9.10. The molecule has 0 radical (unpaired) electrons. The lowest BCUT2D eigenvalue weighted by Gasteiger charge is -2.07. The van der Waals surface area contributed by atoms with Gasteiger partial charge in [0.25, 0.3) is 0 Å². The molecule has 0 aliphatic heterocycles. The second kappa shape index (κ2) is 5.50. The maximum absolute atomic E-state index is 11.2. The number of carboxylic acid groups (broad SMARTS) is 1. The Hall–Kier alpha value is -1.56. The average molecular weight is 287 g/mol. The minimum atomic E-state index is -1.08. The van der Waals surface area contributed by atoms with Crippen LogP contribution in [0.3, 0.4) is 0 Å². The van der Waals surface area contributed by atoms with Gasteiger partial charge in [0.05, 0.1) is 0 Å². The van der Waals surface area contributed by atoms with Crippen LogP contribution in [-0.2, 0) is 4.79 Å². The molecule has 0 aliphatic carbocycles. The first-order chi connectivity index (χ1) is 7.49. The van der Waals surface area contributed by atoms with Gasteiger partial charge in [0, 0.05) is 10.2 Å². The molecule has 6 heteroatoms. The number of urea groups is 1. The van der Waals surface area contributed by atoms with Gasteiger partial charge in [-0.1, -0.05) is 22.0 Å². The standard InChI is InChI=1S/C10H11BrN2O3/c1-6-2-3-7(4-8(6)11)13-10(16)12-5-9(14)15/h2-4H,5H2,1H3,(H,14,15)(H2,12,13,16). The molecule has 86 valence electrons. The summed E-state index contributed by atoms with van der Waals surface area (Å²) in [7, 11) is 0. The predicted molar refractivity (Wildman–Crippen MR) is 63.5 cm³/mol. The van der Waals surface area contributed by atoms with Gasteiger partial charge in [-0.05, 0) is 24.6 Å². The predicted octanol–water partition coefficient (Wildman–Crippen LogP) is 1.96. The third-order valence-electron chi connectivity index (χ3n) is 1.83. The van der Waals surface area contributed by atoms with Crippen LogP contribution in [0.2, 0.25) is 0 Å². The Morgan fingerprint density at radius 1 is 1.44 bits per heavy atom. The van der Waals surface area contributed by atoms with E-state index >= 15 is 0 Å². The first-order valence-corrected chi connectivity index (χ1v) is 5.31. The molecule has 0 bridgehead atoms. The molecule has 0 aromatic heterocycles. The van der Waals surface area contributed by atoms with Crippen molar-refractivity contribution in [2.24, 2.45) is 0 Å². The van der Waals surface area contributed by atoms with Crippen molar-refractivity contribution in [3.63, 3.8) is 0 Å². The van der Waals surface area contributed by atoms with Crippen molar-refractivity contribution in [2.75, 3.05) is 11.9 Å². The van der Waals surface area contributed by atoms with E-state index in [2.05, 4.69) is 26.6 Å². The maximum atomic E-state index is 11.2. The number of benzene rings is 1. The van der Waals surface area contributed by atoms with E-state index in [0.29, 0.717) is 5.69 Å². The smallest absolute Gasteiger partial charge is 0.323 e. The van der Waals surface area contributed by atoms with Crippen molar-refractivity contribution in [3.8, 4) is 0 Å². The average Bonchev–Trinajstić information content (AvgIpc) is 2.21. The summed E-state index contributed by atoms with van der Waals surface area (Å²) in [6, 6.07) is 4.78. The zero-order valence-corrected chi connectivity index (χ0v) is 10.2. The molecule has 1 aromatic rings. The lowest BCUT2D eigenvalue weighted by molar-refractivity contribution is -0.135. The Balaban J connectivity index is 2.56. The van der Waals surface area contributed by atoms with E-state index in [1.54, 1.807) is 12.1 Å². The lowest BCUT2D eigenvalue weighted by atomic mass is 10.2. The van der Waals surface area contributed by atoms with Crippen LogP contribution in [0.25, 0.3) is 0 Å². The van der Waals surface area contributed by atoms with Gasteiger partial charge in [-0.15, -0.1) is 0 Å². The Morgan fingerprint density at radius 3 is 2.69 bits per heavy atom. The molecule has 2 amide bonds. The zero-order valence-electron chi connectivity index (χ0n) is 8.58. The topological polar surface area (TPSA) is 78.4 Å². The van der Waals surface area contributed by atoms with Crippen LogP contribution in [0.4, 0.5) is 10.5 Å².